The van der Waals surface area contributed by atoms with Crippen molar-refractivity contribution in [1.82, 2.24) is 14.9 Å². The summed E-state index contributed by atoms with van der Waals surface area (Å²) < 4.78 is 6.05. The Hall–Kier alpha value is -3.01. The standard InChI is InChI=1S/C17H19N5O2/c1-21(2)16-15(4-3-6-19-16)24-14-5-7-22(11-14)17(23)12-8-13(9-18)20-10-12/h3-4,6,8,10,14,20H,5,7,11H2,1-2H3/t14-/m0/s1. The molecule has 0 radical (unpaired) electrons. The zero-order valence-corrected chi connectivity index (χ0v) is 13.7. The van der Waals surface area contributed by atoms with Gasteiger partial charge in [-0.05, 0) is 18.2 Å². The molecule has 0 unspecified atom stereocenters. The van der Waals surface area contributed by atoms with Crippen molar-refractivity contribution in [3.8, 4) is 11.8 Å². The van der Waals surface area contributed by atoms with Crippen molar-refractivity contribution in [3.05, 3.63) is 41.9 Å². The van der Waals surface area contributed by atoms with E-state index < -0.39 is 0 Å². The highest BCUT2D eigenvalue weighted by molar-refractivity contribution is 5.94. The third-order valence-corrected chi connectivity index (χ3v) is 3.95. The van der Waals surface area contributed by atoms with Crippen LogP contribution in [-0.2, 0) is 0 Å². The van der Waals surface area contributed by atoms with Gasteiger partial charge in [-0.3, -0.25) is 4.79 Å². The third-order valence-electron chi connectivity index (χ3n) is 3.95. The first kappa shape index (κ1) is 15.9. The van der Waals surface area contributed by atoms with Crippen molar-refractivity contribution in [2.75, 3.05) is 32.1 Å². The van der Waals surface area contributed by atoms with Gasteiger partial charge in [-0.15, -0.1) is 0 Å². The number of nitrogens with zero attached hydrogens (tertiary/aromatic N) is 4. The molecular formula is C17H19N5O2. The lowest BCUT2D eigenvalue weighted by atomic mass is 10.3. The van der Waals surface area contributed by atoms with Crippen LogP contribution in [0.3, 0.4) is 0 Å². The van der Waals surface area contributed by atoms with Crippen LogP contribution in [0.5, 0.6) is 5.75 Å². The zero-order chi connectivity index (χ0) is 17.1. The molecule has 3 heterocycles. The summed E-state index contributed by atoms with van der Waals surface area (Å²) in [5.74, 6) is 1.40. The van der Waals surface area contributed by atoms with E-state index in [2.05, 4.69) is 9.97 Å². The molecule has 7 heteroatoms. The average Bonchev–Trinajstić information content (AvgIpc) is 3.23. The third kappa shape index (κ3) is 3.18. The molecule has 7 nitrogen and oxygen atoms in total. The van der Waals surface area contributed by atoms with Crippen molar-refractivity contribution in [2.24, 2.45) is 0 Å². The lowest BCUT2D eigenvalue weighted by Gasteiger charge is -2.20. The number of nitriles is 1. The Morgan fingerprint density at radius 1 is 1.54 bits per heavy atom. The monoisotopic (exact) mass is 325 g/mol. The maximum absolute atomic E-state index is 12.5. The summed E-state index contributed by atoms with van der Waals surface area (Å²) in [6.07, 6.45) is 4.00. The van der Waals surface area contributed by atoms with Gasteiger partial charge in [0, 0.05) is 39.5 Å². The predicted molar refractivity (Wildman–Crippen MR) is 89.0 cm³/mol. The van der Waals surface area contributed by atoms with Crippen LogP contribution >= 0.6 is 0 Å². The predicted octanol–water partition coefficient (Wildman–Crippen LogP) is 1.64. The fourth-order valence-corrected chi connectivity index (χ4v) is 2.76. The maximum Gasteiger partial charge on any atom is 0.255 e. The molecule has 0 bridgehead atoms. The second-order valence-corrected chi connectivity index (χ2v) is 5.91. The van der Waals surface area contributed by atoms with Gasteiger partial charge in [-0.2, -0.15) is 5.26 Å². The SMILES string of the molecule is CN(C)c1ncccc1O[C@H]1CCN(C(=O)c2c[nH]c(C#N)c2)C1. The number of hydrogen-bond acceptors (Lipinski definition) is 5. The van der Waals surface area contributed by atoms with Gasteiger partial charge in [0.15, 0.2) is 11.6 Å². The number of carbonyl (C=O) groups excluding carboxylic acids is 1. The van der Waals surface area contributed by atoms with Crippen LogP contribution in [0.4, 0.5) is 5.82 Å². The van der Waals surface area contributed by atoms with Crippen LogP contribution in [0.15, 0.2) is 30.6 Å². The summed E-state index contributed by atoms with van der Waals surface area (Å²) in [5.41, 5.74) is 0.888. The first-order valence-corrected chi connectivity index (χ1v) is 7.75. The smallest absolute Gasteiger partial charge is 0.255 e. The highest BCUT2D eigenvalue weighted by atomic mass is 16.5. The summed E-state index contributed by atoms with van der Waals surface area (Å²) in [6.45, 7) is 1.15. The first-order valence-electron chi connectivity index (χ1n) is 7.75. The Balaban J connectivity index is 1.66. The second-order valence-electron chi connectivity index (χ2n) is 5.91. The van der Waals surface area contributed by atoms with Crippen molar-refractivity contribution < 1.29 is 9.53 Å². The Morgan fingerprint density at radius 3 is 3.08 bits per heavy atom. The van der Waals surface area contributed by atoms with Crippen LogP contribution in [0, 0.1) is 11.3 Å². The van der Waals surface area contributed by atoms with E-state index in [-0.39, 0.29) is 12.0 Å². The van der Waals surface area contributed by atoms with E-state index in [9.17, 15) is 4.79 Å². The minimum Gasteiger partial charge on any atom is -0.485 e. The Kier molecular flexibility index (Phi) is 4.38. The number of ether oxygens (including phenoxy) is 1. The molecule has 0 saturated carbocycles. The molecule has 0 aromatic carbocycles. The first-order chi connectivity index (χ1) is 11.6. The van der Waals surface area contributed by atoms with Gasteiger partial charge >= 0.3 is 0 Å². The molecule has 1 aliphatic rings. The fourth-order valence-electron chi connectivity index (χ4n) is 2.76. The van der Waals surface area contributed by atoms with E-state index in [1.807, 2.05) is 37.2 Å². The summed E-state index contributed by atoms with van der Waals surface area (Å²) in [6, 6.07) is 7.28. The number of H-pyrrole nitrogens is 1. The summed E-state index contributed by atoms with van der Waals surface area (Å²) in [5, 5.41) is 8.84. The highest BCUT2D eigenvalue weighted by Gasteiger charge is 2.29. The molecule has 0 aliphatic carbocycles. The normalized spacial score (nSPS) is 16.7. The van der Waals surface area contributed by atoms with Gasteiger partial charge in [0.05, 0.1) is 12.1 Å². The van der Waals surface area contributed by atoms with E-state index in [1.54, 1.807) is 23.4 Å². The van der Waals surface area contributed by atoms with Gasteiger partial charge in [0.25, 0.3) is 5.91 Å². The van der Waals surface area contributed by atoms with Crippen LogP contribution in [0.1, 0.15) is 22.5 Å². The van der Waals surface area contributed by atoms with E-state index >= 15 is 0 Å². The zero-order valence-electron chi connectivity index (χ0n) is 13.7. The van der Waals surface area contributed by atoms with E-state index in [1.165, 1.54) is 0 Å². The van der Waals surface area contributed by atoms with Crippen molar-refractivity contribution in [1.29, 1.82) is 5.26 Å². The number of amides is 1. The molecule has 1 aliphatic heterocycles. The molecule has 2 aromatic rings. The fraction of sp³-hybridized carbons (Fsp3) is 0.353. The van der Waals surface area contributed by atoms with Gasteiger partial charge in [-0.1, -0.05) is 0 Å². The largest absolute Gasteiger partial charge is 0.485 e. The molecule has 124 valence electrons. The molecule has 1 saturated heterocycles. The number of nitrogens with one attached hydrogen (secondary N) is 1. The van der Waals surface area contributed by atoms with Crippen molar-refractivity contribution in [2.45, 2.75) is 12.5 Å². The number of pyridine rings is 1. The molecule has 2 aromatic heterocycles. The van der Waals surface area contributed by atoms with Gasteiger partial charge < -0.3 is 19.5 Å². The Labute approximate surface area is 140 Å². The number of likely N-dealkylation sites (tertiary alicyclic amines) is 1. The van der Waals surface area contributed by atoms with E-state index in [0.717, 1.165) is 18.0 Å². The number of carbonyl (C=O) groups is 1. The quantitative estimate of drug-likeness (QED) is 0.923. The number of aromatic nitrogens is 2. The number of aromatic amines is 1. The number of hydrogen-bond donors (Lipinski definition) is 1. The number of rotatable bonds is 4. The summed E-state index contributed by atoms with van der Waals surface area (Å²) in [4.78, 5) is 23.2. The molecule has 0 spiro atoms. The minimum atomic E-state index is -0.0853. The molecule has 24 heavy (non-hydrogen) atoms. The van der Waals surface area contributed by atoms with E-state index in [4.69, 9.17) is 10.00 Å². The maximum atomic E-state index is 12.5. The molecule has 1 fully saturated rings. The lowest BCUT2D eigenvalue weighted by Crippen LogP contribution is -2.30. The summed E-state index contributed by atoms with van der Waals surface area (Å²) in [7, 11) is 3.83. The van der Waals surface area contributed by atoms with Crippen LogP contribution in [0.2, 0.25) is 0 Å². The molecule has 3 rings (SSSR count). The van der Waals surface area contributed by atoms with Gasteiger partial charge in [-0.25, -0.2) is 4.98 Å². The molecular weight excluding hydrogens is 306 g/mol. The second kappa shape index (κ2) is 6.62. The topological polar surface area (TPSA) is 85.2 Å². The van der Waals surface area contributed by atoms with Gasteiger partial charge in [0.2, 0.25) is 0 Å². The van der Waals surface area contributed by atoms with Crippen molar-refractivity contribution >= 4 is 11.7 Å². The Morgan fingerprint density at radius 2 is 2.38 bits per heavy atom. The van der Waals surface area contributed by atoms with Gasteiger partial charge in [0.1, 0.15) is 17.9 Å². The molecule has 1 atom stereocenters. The lowest BCUT2D eigenvalue weighted by molar-refractivity contribution is 0.0772. The van der Waals surface area contributed by atoms with Crippen LogP contribution < -0.4 is 9.64 Å². The van der Waals surface area contributed by atoms with E-state index in [0.29, 0.717) is 24.3 Å². The number of anilines is 1. The summed E-state index contributed by atoms with van der Waals surface area (Å²) >= 11 is 0. The minimum absolute atomic E-state index is 0.0637. The highest BCUT2D eigenvalue weighted by Crippen LogP contribution is 2.27. The molecule has 1 amide bonds. The molecule has 1 N–H and O–H groups in total. The van der Waals surface area contributed by atoms with Crippen LogP contribution in [0.25, 0.3) is 0 Å². The van der Waals surface area contributed by atoms with Crippen molar-refractivity contribution in [3.63, 3.8) is 0 Å². The average molecular weight is 325 g/mol. The Bertz CT molecular complexity index is 777. The van der Waals surface area contributed by atoms with Crippen LogP contribution in [-0.4, -0.2) is 54.1 Å².